The molecule has 5 heterocycles. The molecule has 7 N–H and O–H groups in total. The van der Waals surface area contributed by atoms with E-state index in [1.165, 1.54) is 59.5 Å². The summed E-state index contributed by atoms with van der Waals surface area (Å²) >= 11 is 0. The topological polar surface area (TPSA) is 292 Å². The molecule has 0 spiro atoms. The van der Waals surface area contributed by atoms with E-state index >= 15 is 0 Å². The lowest BCUT2D eigenvalue weighted by atomic mass is 10.0. The van der Waals surface area contributed by atoms with Gasteiger partial charge in [0.15, 0.2) is 18.0 Å². The molecule has 0 saturated carbocycles. The number of imide groups is 2. The molecule has 2 aromatic carbocycles. The number of rotatable bonds is 18. The van der Waals surface area contributed by atoms with Crippen LogP contribution in [0.1, 0.15) is 84.2 Å². The number of nitrogens with zero attached hydrogens (tertiary/aromatic N) is 5. The maximum atomic E-state index is 13.2. The number of hydrogen-bond acceptors (Lipinski definition) is 14. The molecule has 8 amide bonds. The van der Waals surface area contributed by atoms with Crippen LogP contribution in [0.3, 0.4) is 0 Å². The molecule has 5 aromatic rings. The predicted octanol–water partition coefficient (Wildman–Crippen LogP) is 2.74. The Labute approximate surface area is 370 Å². The summed E-state index contributed by atoms with van der Waals surface area (Å²) in [5.41, 5.74) is 5.86. The van der Waals surface area contributed by atoms with Crippen molar-refractivity contribution in [2.75, 3.05) is 36.9 Å². The van der Waals surface area contributed by atoms with Crippen LogP contribution in [0.2, 0.25) is 0 Å². The van der Waals surface area contributed by atoms with Gasteiger partial charge in [-0.25, -0.2) is 14.6 Å². The minimum Gasteiger partial charge on any atom is -0.483 e. The maximum absolute atomic E-state index is 13.2. The summed E-state index contributed by atoms with van der Waals surface area (Å²) < 4.78 is 50.1. The van der Waals surface area contributed by atoms with E-state index in [9.17, 15) is 51.5 Å². The smallest absolute Gasteiger partial charge is 0.405 e. The summed E-state index contributed by atoms with van der Waals surface area (Å²) in [6.45, 7) is -1.13. The Morgan fingerprint density at radius 1 is 0.939 bits per heavy atom. The van der Waals surface area contributed by atoms with Gasteiger partial charge >= 0.3 is 6.18 Å². The highest BCUT2D eigenvalue weighted by Gasteiger charge is 2.46. The molecule has 1 fully saturated rings. The van der Waals surface area contributed by atoms with Crippen LogP contribution in [0.4, 0.5) is 24.7 Å². The fourth-order valence-corrected chi connectivity index (χ4v) is 6.85. The molecule has 2 aliphatic heterocycles. The number of nitrogens with two attached hydrogens (primary N) is 1. The highest BCUT2D eigenvalue weighted by Crippen LogP contribution is 2.34. The van der Waals surface area contributed by atoms with Crippen LogP contribution >= 0.6 is 0 Å². The number of fused-ring (bicyclic) bond motifs is 1. The summed E-state index contributed by atoms with van der Waals surface area (Å²) in [6.07, 6.45) is 0.897. The van der Waals surface area contributed by atoms with Crippen molar-refractivity contribution in [2.24, 2.45) is 5.73 Å². The number of pyridine rings is 1. The molecule has 21 nitrogen and oxygen atoms in total. The molecule has 7 rings (SSSR count). The first-order valence-electron chi connectivity index (χ1n) is 20.1. The van der Waals surface area contributed by atoms with Crippen molar-refractivity contribution in [3.63, 3.8) is 0 Å². The second-order valence-corrected chi connectivity index (χ2v) is 14.7. The Kier molecular flexibility index (Phi) is 13.5. The molecule has 1 atom stereocenters. The fraction of sp³-hybridized carbons (Fsp3) is 0.262. The number of unbranched alkanes of at least 4 members (excludes halogenated alkanes) is 2. The zero-order chi connectivity index (χ0) is 47.1. The normalized spacial score (nSPS) is 14.7. The van der Waals surface area contributed by atoms with Crippen molar-refractivity contribution in [2.45, 2.75) is 44.3 Å². The zero-order valence-electron chi connectivity index (χ0n) is 34.4. The summed E-state index contributed by atoms with van der Waals surface area (Å²) in [6, 6.07) is 12.0. The van der Waals surface area contributed by atoms with Gasteiger partial charge in [0.05, 0.1) is 28.7 Å². The number of carbonyl (C=O) groups excluding carboxylic acids is 8. The van der Waals surface area contributed by atoms with E-state index in [4.69, 9.17) is 14.9 Å². The lowest BCUT2D eigenvalue weighted by Gasteiger charge is -2.27. The first-order chi connectivity index (χ1) is 31.6. The van der Waals surface area contributed by atoms with Crippen LogP contribution in [0.15, 0.2) is 77.7 Å². The van der Waals surface area contributed by atoms with Gasteiger partial charge in [-0.3, -0.25) is 48.6 Å². The third kappa shape index (κ3) is 10.7. The van der Waals surface area contributed by atoms with Crippen molar-refractivity contribution in [1.29, 1.82) is 0 Å². The van der Waals surface area contributed by atoms with Crippen LogP contribution in [-0.4, -0.2) is 110 Å². The van der Waals surface area contributed by atoms with E-state index in [2.05, 4.69) is 41.7 Å². The average Bonchev–Trinajstić information content (AvgIpc) is 4.02. The second kappa shape index (κ2) is 19.5. The number of halogens is 3. The average molecular weight is 914 g/mol. The number of hydrogen-bond donors (Lipinski definition) is 6. The summed E-state index contributed by atoms with van der Waals surface area (Å²) in [4.78, 5) is 110. The third-order valence-corrected chi connectivity index (χ3v) is 10.1. The maximum Gasteiger partial charge on any atom is 0.405 e. The first-order valence-corrected chi connectivity index (χ1v) is 20.1. The van der Waals surface area contributed by atoms with Crippen LogP contribution in [-0.2, 0) is 14.4 Å². The van der Waals surface area contributed by atoms with Crippen LogP contribution in [0, 0.1) is 0 Å². The second-order valence-electron chi connectivity index (χ2n) is 14.7. The number of nitrogens with one attached hydrogen (secondary N) is 5. The summed E-state index contributed by atoms with van der Waals surface area (Å²) in [5, 5.41) is 16.5. The van der Waals surface area contributed by atoms with E-state index in [0.29, 0.717) is 43.6 Å². The standard InChI is InChI=1S/C42H38F3N11O10/c43-42(44,45)21-50-30-17-23(13-16-47-30)39-52-27(19-66-39)37(61)51-26-18-55(54-34(26)35(46)59)24-9-7-22(8-10-24)36(60)49-15-3-1-2-14-48-32(58)20-65-29-6-4-5-25-33(29)41(64)56(40(25)63)28-11-12-31(57)53-38(28)62/h4-10,13,16-19,28H,1-3,11-12,14-15,20-21H2,(H2,46,59)(H,47,50)(H,48,58)(H,49,60)(H,51,61)(H,53,57,62). The van der Waals surface area contributed by atoms with Gasteiger partial charge in [0.25, 0.3) is 35.4 Å². The molecular formula is C42H38F3N11O10. The highest BCUT2D eigenvalue weighted by molar-refractivity contribution is 6.24. The molecule has 3 aromatic heterocycles. The Hall–Kier alpha value is -8.44. The van der Waals surface area contributed by atoms with Crippen molar-refractivity contribution >= 4 is 58.8 Å². The van der Waals surface area contributed by atoms with E-state index in [1.807, 2.05) is 0 Å². The number of carbonyl (C=O) groups is 8. The van der Waals surface area contributed by atoms with Gasteiger partial charge < -0.3 is 36.2 Å². The number of benzene rings is 2. The van der Waals surface area contributed by atoms with E-state index in [1.54, 1.807) is 12.1 Å². The monoisotopic (exact) mass is 913 g/mol. The number of primary amides is 1. The SMILES string of the molecule is NC(=O)c1nn(-c2ccc(C(=O)NCCCCCNC(=O)COc3cccc4c3C(=O)N(C3CCC(=O)NC3=O)C4=O)cc2)cc1NC(=O)c1coc(-c2ccnc(NCC(F)(F)F)c2)n1. The van der Waals surface area contributed by atoms with Crippen molar-refractivity contribution in [3.05, 3.63) is 101 Å². The largest absolute Gasteiger partial charge is 0.483 e. The van der Waals surface area contributed by atoms with Crippen molar-refractivity contribution in [1.82, 2.24) is 40.6 Å². The third-order valence-electron chi connectivity index (χ3n) is 10.1. The molecule has 24 heteroatoms. The Bertz CT molecular complexity index is 2740. The van der Waals surface area contributed by atoms with Crippen LogP contribution in [0.5, 0.6) is 5.75 Å². The number of ether oxygens (including phenoxy) is 1. The molecule has 0 radical (unpaired) electrons. The van der Waals surface area contributed by atoms with Crippen LogP contribution in [0.25, 0.3) is 17.1 Å². The quantitative estimate of drug-likeness (QED) is 0.0545. The molecular weight excluding hydrogens is 876 g/mol. The van der Waals surface area contributed by atoms with Gasteiger partial charge in [-0.2, -0.15) is 18.3 Å². The van der Waals surface area contributed by atoms with Crippen molar-refractivity contribution in [3.8, 4) is 22.9 Å². The predicted molar refractivity (Wildman–Crippen MR) is 222 cm³/mol. The first kappa shape index (κ1) is 45.6. The Morgan fingerprint density at radius 2 is 1.70 bits per heavy atom. The highest BCUT2D eigenvalue weighted by atomic mass is 19.4. The van der Waals surface area contributed by atoms with Gasteiger partial charge in [-0.1, -0.05) is 6.07 Å². The number of anilines is 2. The van der Waals surface area contributed by atoms with E-state index in [0.717, 1.165) is 11.2 Å². The van der Waals surface area contributed by atoms with Crippen LogP contribution < -0.4 is 37.1 Å². The summed E-state index contributed by atoms with van der Waals surface area (Å²) in [5.74, 6) is -5.47. The lowest BCUT2D eigenvalue weighted by molar-refractivity contribution is -0.136. The van der Waals surface area contributed by atoms with Gasteiger partial charge in [0, 0.05) is 36.8 Å². The summed E-state index contributed by atoms with van der Waals surface area (Å²) in [7, 11) is 0. The van der Waals surface area contributed by atoms with E-state index < -0.39 is 66.7 Å². The molecule has 0 bridgehead atoms. The number of aromatic nitrogens is 4. The number of alkyl halides is 3. The molecule has 0 aliphatic carbocycles. The number of piperidine rings is 1. The minimum atomic E-state index is -4.47. The number of amides is 8. The molecule has 1 saturated heterocycles. The van der Waals surface area contributed by atoms with Gasteiger partial charge in [-0.15, -0.1) is 0 Å². The fourth-order valence-electron chi connectivity index (χ4n) is 6.85. The lowest BCUT2D eigenvalue weighted by Crippen LogP contribution is -2.54. The van der Waals surface area contributed by atoms with Gasteiger partial charge in [0.2, 0.25) is 17.7 Å². The molecule has 66 heavy (non-hydrogen) atoms. The number of oxazole rings is 1. The molecule has 2 aliphatic rings. The Balaban J connectivity index is 0.830. The van der Waals surface area contributed by atoms with Gasteiger partial charge in [0.1, 0.15) is 30.4 Å². The van der Waals surface area contributed by atoms with E-state index in [-0.39, 0.29) is 70.0 Å². The molecule has 342 valence electrons. The van der Waals surface area contributed by atoms with Crippen molar-refractivity contribution < 1.29 is 60.7 Å². The van der Waals surface area contributed by atoms with Gasteiger partial charge in [-0.05, 0) is 74.2 Å². The Morgan fingerprint density at radius 3 is 2.42 bits per heavy atom. The minimum absolute atomic E-state index is 0.000769. The zero-order valence-corrected chi connectivity index (χ0v) is 34.4. The molecule has 1 unspecified atom stereocenters.